The molecule has 1 heterocycles. The number of amides is 1. The molecule has 0 fully saturated rings. The van der Waals surface area contributed by atoms with Crippen LogP contribution in [0.25, 0.3) is 0 Å². The monoisotopic (exact) mass is 262 g/mol. The van der Waals surface area contributed by atoms with Gasteiger partial charge in [0.25, 0.3) is 0 Å². The molecule has 0 radical (unpaired) electrons. The lowest BCUT2D eigenvalue weighted by molar-refractivity contribution is -0.115. The first-order valence-electron chi connectivity index (χ1n) is 6.43. The summed E-state index contributed by atoms with van der Waals surface area (Å²) in [7, 11) is 4.10. The Balaban J connectivity index is 2.14. The molecular weight excluding hydrogens is 240 g/mol. The number of nitrogens with one attached hydrogen (secondary N) is 2. The normalized spacial score (nSPS) is 14.5. The number of nitrogens with zero attached hydrogens (tertiary/aromatic N) is 1. The van der Waals surface area contributed by atoms with Crippen molar-refractivity contribution in [3.05, 3.63) is 17.7 Å². The Labute approximate surface area is 114 Å². The van der Waals surface area contributed by atoms with Gasteiger partial charge in [0.05, 0.1) is 17.8 Å². The van der Waals surface area contributed by atoms with Crippen molar-refractivity contribution in [2.24, 2.45) is 0 Å². The summed E-state index contributed by atoms with van der Waals surface area (Å²) >= 11 is 0. The molecule has 2 rings (SSSR count). The van der Waals surface area contributed by atoms with Gasteiger partial charge in [-0.3, -0.25) is 4.79 Å². The lowest BCUT2D eigenvalue weighted by Crippen LogP contribution is -2.44. The van der Waals surface area contributed by atoms with Crippen LogP contribution in [0.15, 0.2) is 12.1 Å². The van der Waals surface area contributed by atoms with Gasteiger partial charge in [0, 0.05) is 17.8 Å². The second-order valence-electron chi connectivity index (χ2n) is 5.88. The van der Waals surface area contributed by atoms with E-state index in [1.54, 1.807) is 0 Å². The van der Waals surface area contributed by atoms with Crippen LogP contribution in [0.4, 0.5) is 17.1 Å². The number of hydrogen-bond donors (Lipinski definition) is 3. The maximum Gasteiger partial charge on any atom is 0.228 e. The van der Waals surface area contributed by atoms with Gasteiger partial charge in [0.2, 0.25) is 5.91 Å². The summed E-state index contributed by atoms with van der Waals surface area (Å²) in [5, 5.41) is 6.20. The van der Waals surface area contributed by atoms with Crippen molar-refractivity contribution >= 4 is 23.0 Å². The van der Waals surface area contributed by atoms with Gasteiger partial charge in [-0.15, -0.1) is 0 Å². The first-order valence-corrected chi connectivity index (χ1v) is 6.43. The summed E-state index contributed by atoms with van der Waals surface area (Å²) in [6.45, 7) is 5.09. The van der Waals surface area contributed by atoms with Gasteiger partial charge in [-0.2, -0.15) is 0 Å². The highest BCUT2D eigenvalue weighted by Crippen LogP contribution is 2.31. The molecule has 0 aliphatic carbocycles. The molecule has 1 aliphatic heterocycles. The van der Waals surface area contributed by atoms with Crippen molar-refractivity contribution < 1.29 is 4.79 Å². The number of benzene rings is 1. The molecule has 0 atom stereocenters. The Kier molecular flexibility index (Phi) is 3.41. The van der Waals surface area contributed by atoms with Crippen molar-refractivity contribution in [2.75, 3.05) is 37.0 Å². The third-order valence-electron chi connectivity index (χ3n) is 3.82. The summed E-state index contributed by atoms with van der Waals surface area (Å²) in [5.41, 5.74) is 9.45. The number of anilines is 3. The molecule has 0 bridgehead atoms. The first-order chi connectivity index (χ1) is 8.79. The summed E-state index contributed by atoms with van der Waals surface area (Å²) in [5.74, 6) is 0.0279. The molecule has 1 amide bonds. The molecule has 104 valence electrons. The summed E-state index contributed by atoms with van der Waals surface area (Å²) in [4.78, 5) is 13.5. The number of carbonyl (C=O) groups excluding carboxylic acids is 1. The minimum absolute atomic E-state index is 0.0225. The van der Waals surface area contributed by atoms with Gasteiger partial charge in [0.15, 0.2) is 0 Å². The fourth-order valence-corrected chi connectivity index (χ4v) is 1.92. The van der Waals surface area contributed by atoms with E-state index < -0.39 is 0 Å². The van der Waals surface area contributed by atoms with E-state index in [1.807, 2.05) is 26.2 Å². The van der Waals surface area contributed by atoms with Gasteiger partial charge in [-0.1, -0.05) is 0 Å². The zero-order valence-electron chi connectivity index (χ0n) is 12.0. The zero-order chi connectivity index (χ0) is 14.2. The van der Waals surface area contributed by atoms with Crippen molar-refractivity contribution in [3.8, 4) is 0 Å². The molecule has 1 aromatic rings. The number of likely N-dealkylation sites (N-methyl/N-ethyl adjacent to an activating group) is 1. The van der Waals surface area contributed by atoms with E-state index in [2.05, 4.69) is 29.4 Å². The van der Waals surface area contributed by atoms with Gasteiger partial charge in [0.1, 0.15) is 0 Å². The largest absolute Gasteiger partial charge is 0.397 e. The van der Waals surface area contributed by atoms with Gasteiger partial charge in [-0.05, 0) is 45.6 Å². The lowest BCUT2D eigenvalue weighted by atomic mass is 10.0. The molecule has 0 saturated carbocycles. The van der Waals surface area contributed by atoms with E-state index in [4.69, 9.17) is 5.73 Å². The molecule has 0 unspecified atom stereocenters. The van der Waals surface area contributed by atoms with Crippen LogP contribution >= 0.6 is 0 Å². The average molecular weight is 262 g/mol. The third kappa shape index (κ3) is 2.81. The van der Waals surface area contributed by atoms with Gasteiger partial charge >= 0.3 is 0 Å². The molecule has 0 spiro atoms. The predicted molar refractivity (Wildman–Crippen MR) is 79.4 cm³/mol. The smallest absolute Gasteiger partial charge is 0.228 e. The van der Waals surface area contributed by atoms with E-state index in [0.29, 0.717) is 12.1 Å². The van der Waals surface area contributed by atoms with E-state index in [9.17, 15) is 4.79 Å². The molecular formula is C14H22N4O. The topological polar surface area (TPSA) is 70.4 Å². The van der Waals surface area contributed by atoms with Crippen molar-refractivity contribution in [1.82, 2.24) is 4.90 Å². The third-order valence-corrected chi connectivity index (χ3v) is 3.82. The Morgan fingerprint density at radius 1 is 1.42 bits per heavy atom. The number of hydrogen-bond acceptors (Lipinski definition) is 4. The molecule has 5 heteroatoms. The highest BCUT2D eigenvalue weighted by molar-refractivity contribution is 6.00. The molecule has 5 nitrogen and oxygen atoms in total. The Hall–Kier alpha value is -1.75. The average Bonchev–Trinajstić information content (AvgIpc) is 2.65. The maximum atomic E-state index is 11.4. The SMILES string of the molecule is CN(C)C(C)(C)CNc1cc2c(cc1N)CC(=O)N2. The van der Waals surface area contributed by atoms with E-state index in [1.165, 1.54) is 0 Å². The van der Waals surface area contributed by atoms with Crippen LogP contribution in [0, 0.1) is 0 Å². The van der Waals surface area contributed by atoms with Crippen LogP contribution in [0.3, 0.4) is 0 Å². The van der Waals surface area contributed by atoms with Crippen LogP contribution in [0.5, 0.6) is 0 Å². The summed E-state index contributed by atoms with van der Waals surface area (Å²) in [6, 6.07) is 3.79. The van der Waals surface area contributed by atoms with Crippen LogP contribution in [0.1, 0.15) is 19.4 Å². The van der Waals surface area contributed by atoms with E-state index in [-0.39, 0.29) is 11.4 Å². The Bertz CT molecular complexity index is 508. The molecule has 1 aliphatic rings. The molecule has 1 aromatic carbocycles. The zero-order valence-corrected chi connectivity index (χ0v) is 12.0. The second-order valence-corrected chi connectivity index (χ2v) is 5.88. The molecule has 0 saturated heterocycles. The van der Waals surface area contributed by atoms with Gasteiger partial charge < -0.3 is 21.3 Å². The quantitative estimate of drug-likeness (QED) is 0.719. The number of fused-ring (bicyclic) bond motifs is 1. The van der Waals surface area contributed by atoms with Crippen molar-refractivity contribution in [3.63, 3.8) is 0 Å². The van der Waals surface area contributed by atoms with Crippen molar-refractivity contribution in [2.45, 2.75) is 25.8 Å². The highest BCUT2D eigenvalue weighted by Gasteiger charge is 2.22. The fourth-order valence-electron chi connectivity index (χ4n) is 1.92. The predicted octanol–water partition coefficient (Wildman–Crippen LogP) is 1.52. The fraction of sp³-hybridized carbons (Fsp3) is 0.500. The number of carbonyl (C=O) groups is 1. The van der Waals surface area contributed by atoms with Crippen molar-refractivity contribution in [1.29, 1.82) is 0 Å². The number of nitrogen functional groups attached to an aromatic ring is 1. The molecule has 19 heavy (non-hydrogen) atoms. The second kappa shape index (κ2) is 4.74. The number of rotatable bonds is 4. The summed E-state index contributed by atoms with van der Waals surface area (Å²) < 4.78 is 0. The first kappa shape index (κ1) is 13.7. The van der Waals surface area contributed by atoms with E-state index >= 15 is 0 Å². The minimum Gasteiger partial charge on any atom is -0.397 e. The molecule has 4 N–H and O–H groups in total. The Morgan fingerprint density at radius 3 is 2.74 bits per heavy atom. The lowest BCUT2D eigenvalue weighted by Gasteiger charge is -2.33. The van der Waals surface area contributed by atoms with E-state index in [0.717, 1.165) is 23.5 Å². The van der Waals surface area contributed by atoms with Crippen LogP contribution < -0.4 is 16.4 Å². The number of nitrogens with two attached hydrogens (primary N) is 1. The molecule has 0 aromatic heterocycles. The minimum atomic E-state index is 0.0225. The Morgan fingerprint density at radius 2 is 2.11 bits per heavy atom. The maximum absolute atomic E-state index is 11.4. The highest BCUT2D eigenvalue weighted by atomic mass is 16.1. The van der Waals surface area contributed by atoms with Crippen LogP contribution in [-0.2, 0) is 11.2 Å². The van der Waals surface area contributed by atoms with Gasteiger partial charge in [-0.25, -0.2) is 0 Å². The van der Waals surface area contributed by atoms with Crippen LogP contribution in [-0.4, -0.2) is 37.0 Å². The van der Waals surface area contributed by atoms with Crippen LogP contribution in [0.2, 0.25) is 0 Å². The standard InChI is InChI=1S/C14H22N4O/c1-14(2,18(3)4)8-16-12-7-11-9(5-10(12)15)6-13(19)17-11/h5,7,16H,6,8,15H2,1-4H3,(H,17,19). The summed E-state index contributed by atoms with van der Waals surface area (Å²) in [6.07, 6.45) is 0.420.